The second-order valence-electron chi connectivity index (χ2n) is 2.55. The van der Waals surface area contributed by atoms with E-state index in [-0.39, 0.29) is 5.75 Å². The lowest BCUT2D eigenvalue weighted by Crippen LogP contribution is -2.06. The zero-order chi connectivity index (χ0) is 9.35. The molecule has 0 aromatic carbocycles. The molecule has 1 N–H and O–H groups in total. The van der Waals surface area contributed by atoms with Crippen LogP contribution in [0.4, 0.5) is 0 Å². The van der Waals surface area contributed by atoms with Crippen molar-refractivity contribution in [3.63, 3.8) is 0 Å². The standard InChI is InChI=1S/C6H10N2O3S/c1-4-6(5(2)8-7-4)11-12(3,9)10/h1-3H3,(H,7,8). The van der Waals surface area contributed by atoms with E-state index in [4.69, 9.17) is 0 Å². The molecule has 0 spiro atoms. The number of nitrogens with zero attached hydrogens (tertiary/aromatic N) is 1. The Balaban J connectivity index is 3.04. The molecule has 0 fully saturated rings. The van der Waals surface area contributed by atoms with Crippen LogP contribution in [0.3, 0.4) is 0 Å². The Morgan fingerprint density at radius 3 is 2.33 bits per heavy atom. The minimum Gasteiger partial charge on any atom is -0.379 e. The summed E-state index contributed by atoms with van der Waals surface area (Å²) in [5.74, 6) is 0.289. The summed E-state index contributed by atoms with van der Waals surface area (Å²) in [6.45, 7) is 3.37. The number of aromatic nitrogens is 2. The van der Waals surface area contributed by atoms with Gasteiger partial charge in [0.15, 0.2) is 5.75 Å². The Morgan fingerprint density at radius 2 is 2.00 bits per heavy atom. The van der Waals surface area contributed by atoms with Crippen LogP contribution in [0.15, 0.2) is 0 Å². The van der Waals surface area contributed by atoms with Crippen LogP contribution < -0.4 is 4.18 Å². The minimum absolute atomic E-state index is 0.289. The van der Waals surface area contributed by atoms with E-state index in [2.05, 4.69) is 14.4 Å². The highest BCUT2D eigenvalue weighted by Gasteiger charge is 2.12. The molecule has 1 aromatic rings. The fourth-order valence-electron chi connectivity index (χ4n) is 0.815. The Morgan fingerprint density at radius 1 is 1.42 bits per heavy atom. The van der Waals surface area contributed by atoms with Gasteiger partial charge in [0.2, 0.25) is 0 Å². The third-order valence-electron chi connectivity index (χ3n) is 1.30. The van der Waals surface area contributed by atoms with Crippen LogP contribution in [-0.4, -0.2) is 24.9 Å². The van der Waals surface area contributed by atoms with Gasteiger partial charge in [-0.2, -0.15) is 13.5 Å². The Kier molecular flexibility index (Phi) is 2.10. The van der Waals surface area contributed by atoms with E-state index >= 15 is 0 Å². The average molecular weight is 190 g/mol. The summed E-state index contributed by atoms with van der Waals surface area (Å²) in [4.78, 5) is 0. The Bertz CT molecular complexity index is 360. The third kappa shape index (κ3) is 1.97. The van der Waals surface area contributed by atoms with Crippen LogP contribution in [0.2, 0.25) is 0 Å². The molecule has 0 aliphatic heterocycles. The molecule has 1 aromatic heterocycles. The van der Waals surface area contributed by atoms with Gasteiger partial charge in [-0.15, -0.1) is 0 Å². The summed E-state index contributed by atoms with van der Waals surface area (Å²) in [6.07, 6.45) is 0.999. The van der Waals surface area contributed by atoms with Crippen molar-refractivity contribution in [3.8, 4) is 5.75 Å². The van der Waals surface area contributed by atoms with E-state index in [9.17, 15) is 8.42 Å². The van der Waals surface area contributed by atoms with E-state index in [1.54, 1.807) is 13.8 Å². The van der Waals surface area contributed by atoms with Gasteiger partial charge in [0.05, 0.1) is 11.9 Å². The van der Waals surface area contributed by atoms with Crippen molar-refractivity contribution in [1.82, 2.24) is 10.2 Å². The monoisotopic (exact) mass is 190 g/mol. The molecule has 1 rings (SSSR count). The zero-order valence-electron chi connectivity index (χ0n) is 7.08. The fraction of sp³-hybridized carbons (Fsp3) is 0.500. The summed E-state index contributed by atoms with van der Waals surface area (Å²) in [5.41, 5.74) is 1.15. The second-order valence-corrected chi connectivity index (χ2v) is 4.13. The summed E-state index contributed by atoms with van der Waals surface area (Å²) < 4.78 is 26.2. The van der Waals surface area contributed by atoms with E-state index in [0.29, 0.717) is 11.4 Å². The molecule has 0 unspecified atom stereocenters. The average Bonchev–Trinajstić information content (AvgIpc) is 2.16. The number of nitrogens with one attached hydrogen (secondary N) is 1. The van der Waals surface area contributed by atoms with Crippen LogP contribution in [-0.2, 0) is 10.1 Å². The van der Waals surface area contributed by atoms with Gasteiger partial charge in [-0.1, -0.05) is 0 Å². The lowest BCUT2D eigenvalue weighted by Gasteiger charge is -2.00. The molecule has 0 saturated heterocycles. The van der Waals surface area contributed by atoms with Gasteiger partial charge in [-0.05, 0) is 13.8 Å². The van der Waals surface area contributed by atoms with Gasteiger partial charge in [0.25, 0.3) is 0 Å². The highest BCUT2D eigenvalue weighted by Crippen LogP contribution is 2.20. The molecule has 0 amide bonds. The molecule has 68 valence electrons. The van der Waals surface area contributed by atoms with Gasteiger partial charge >= 0.3 is 10.1 Å². The maximum atomic E-state index is 10.7. The number of aromatic amines is 1. The van der Waals surface area contributed by atoms with Crippen molar-refractivity contribution >= 4 is 10.1 Å². The van der Waals surface area contributed by atoms with Crippen LogP contribution in [0, 0.1) is 13.8 Å². The van der Waals surface area contributed by atoms with Gasteiger partial charge in [-0.25, -0.2) is 0 Å². The summed E-state index contributed by atoms with van der Waals surface area (Å²) in [5, 5.41) is 6.41. The molecule has 0 atom stereocenters. The van der Waals surface area contributed by atoms with Crippen LogP contribution in [0.1, 0.15) is 11.4 Å². The third-order valence-corrected chi connectivity index (χ3v) is 1.76. The van der Waals surface area contributed by atoms with E-state index in [1.165, 1.54) is 0 Å². The zero-order valence-corrected chi connectivity index (χ0v) is 7.90. The minimum atomic E-state index is -3.45. The molecule has 1 heterocycles. The van der Waals surface area contributed by atoms with Crippen molar-refractivity contribution in [2.75, 3.05) is 6.26 Å². The van der Waals surface area contributed by atoms with Crippen LogP contribution in [0.5, 0.6) is 5.75 Å². The number of H-pyrrole nitrogens is 1. The molecular formula is C6H10N2O3S. The first-order valence-electron chi connectivity index (χ1n) is 3.31. The fourth-order valence-corrected chi connectivity index (χ4v) is 1.36. The van der Waals surface area contributed by atoms with Crippen LogP contribution >= 0.6 is 0 Å². The van der Waals surface area contributed by atoms with Gasteiger partial charge < -0.3 is 4.18 Å². The Labute approximate surface area is 70.9 Å². The predicted molar refractivity (Wildman–Crippen MR) is 43.5 cm³/mol. The molecule has 12 heavy (non-hydrogen) atoms. The molecular weight excluding hydrogens is 180 g/mol. The van der Waals surface area contributed by atoms with Crippen molar-refractivity contribution < 1.29 is 12.6 Å². The topological polar surface area (TPSA) is 72.0 Å². The van der Waals surface area contributed by atoms with Crippen molar-refractivity contribution in [3.05, 3.63) is 11.4 Å². The van der Waals surface area contributed by atoms with Crippen molar-refractivity contribution in [2.24, 2.45) is 0 Å². The highest BCUT2D eigenvalue weighted by atomic mass is 32.2. The highest BCUT2D eigenvalue weighted by molar-refractivity contribution is 7.86. The molecule has 5 nitrogen and oxygen atoms in total. The van der Waals surface area contributed by atoms with Crippen LogP contribution in [0.25, 0.3) is 0 Å². The number of hydrogen-bond acceptors (Lipinski definition) is 4. The summed E-state index contributed by atoms with van der Waals surface area (Å²) in [6, 6.07) is 0. The molecule has 0 bridgehead atoms. The molecule has 0 radical (unpaired) electrons. The second kappa shape index (κ2) is 2.78. The predicted octanol–water partition coefficient (Wildman–Crippen LogP) is 0.365. The van der Waals surface area contributed by atoms with Crippen molar-refractivity contribution in [2.45, 2.75) is 13.8 Å². The maximum Gasteiger partial charge on any atom is 0.306 e. The maximum absolute atomic E-state index is 10.7. The van der Waals surface area contributed by atoms with Gasteiger partial charge in [0.1, 0.15) is 5.69 Å². The molecule has 0 aliphatic carbocycles. The lowest BCUT2D eigenvalue weighted by atomic mass is 10.4. The van der Waals surface area contributed by atoms with E-state index in [1.807, 2.05) is 0 Å². The SMILES string of the molecule is Cc1n[nH]c(C)c1OS(C)(=O)=O. The molecule has 0 aliphatic rings. The summed E-state index contributed by atoms with van der Waals surface area (Å²) >= 11 is 0. The largest absolute Gasteiger partial charge is 0.379 e. The first kappa shape index (κ1) is 9.05. The normalized spacial score (nSPS) is 11.6. The number of hydrogen-bond donors (Lipinski definition) is 1. The van der Waals surface area contributed by atoms with Gasteiger partial charge in [0, 0.05) is 0 Å². The molecule has 6 heteroatoms. The smallest absolute Gasteiger partial charge is 0.306 e. The Hall–Kier alpha value is -1.04. The quantitative estimate of drug-likeness (QED) is 0.684. The van der Waals surface area contributed by atoms with E-state index < -0.39 is 10.1 Å². The van der Waals surface area contributed by atoms with Crippen molar-refractivity contribution in [1.29, 1.82) is 0 Å². The summed E-state index contributed by atoms with van der Waals surface area (Å²) in [7, 11) is -3.45. The first-order valence-corrected chi connectivity index (χ1v) is 5.13. The number of aryl methyl sites for hydroxylation is 2. The number of rotatable bonds is 2. The lowest BCUT2D eigenvalue weighted by molar-refractivity contribution is 0.489. The van der Waals surface area contributed by atoms with E-state index in [0.717, 1.165) is 6.26 Å². The first-order chi connectivity index (χ1) is 5.40. The van der Waals surface area contributed by atoms with Gasteiger partial charge in [-0.3, -0.25) is 5.10 Å². The molecule has 0 saturated carbocycles.